The third-order valence-electron chi connectivity index (χ3n) is 3.60. The summed E-state index contributed by atoms with van der Waals surface area (Å²) in [6.07, 6.45) is 5.27. The number of nitrogens with two attached hydrogens (primary N) is 1. The lowest BCUT2D eigenvalue weighted by molar-refractivity contribution is 0.302. The molecule has 20 heavy (non-hydrogen) atoms. The van der Waals surface area contributed by atoms with Gasteiger partial charge < -0.3 is 9.15 Å². The molecule has 2 aromatic rings. The molecule has 0 radical (unpaired) electrons. The van der Waals surface area contributed by atoms with Gasteiger partial charge >= 0.3 is 0 Å². The molecule has 0 amide bonds. The van der Waals surface area contributed by atoms with Gasteiger partial charge in [0.15, 0.2) is 0 Å². The van der Waals surface area contributed by atoms with Crippen molar-refractivity contribution in [2.24, 2.45) is 5.84 Å². The molecule has 1 saturated carbocycles. The van der Waals surface area contributed by atoms with Crippen molar-refractivity contribution in [3.63, 3.8) is 0 Å². The summed E-state index contributed by atoms with van der Waals surface area (Å²) in [5, 5.41) is 0. The van der Waals surface area contributed by atoms with E-state index in [1.807, 2.05) is 18.2 Å². The van der Waals surface area contributed by atoms with E-state index in [4.69, 9.17) is 15.0 Å². The van der Waals surface area contributed by atoms with Crippen molar-refractivity contribution in [1.82, 2.24) is 5.43 Å². The van der Waals surface area contributed by atoms with Crippen LogP contribution in [0.4, 0.5) is 0 Å². The van der Waals surface area contributed by atoms with Crippen LogP contribution in [-0.4, -0.2) is 6.10 Å². The molecular weight excluding hydrogens is 252 g/mol. The van der Waals surface area contributed by atoms with Gasteiger partial charge in [0, 0.05) is 12.0 Å². The molecule has 1 aliphatic carbocycles. The molecule has 1 unspecified atom stereocenters. The van der Waals surface area contributed by atoms with Gasteiger partial charge in [-0.3, -0.25) is 5.84 Å². The molecule has 0 bridgehead atoms. The number of aryl methyl sites for hydroxylation is 1. The van der Waals surface area contributed by atoms with Gasteiger partial charge in [-0.05, 0) is 36.6 Å². The van der Waals surface area contributed by atoms with Gasteiger partial charge in [-0.15, -0.1) is 0 Å². The monoisotopic (exact) mass is 272 g/mol. The SMILES string of the molecule is CCc1occc1C(NN)c1cccc(OC2CC2)c1. The number of hydrogen-bond acceptors (Lipinski definition) is 4. The number of rotatable bonds is 6. The number of hydrogen-bond donors (Lipinski definition) is 2. The van der Waals surface area contributed by atoms with Crippen LogP contribution >= 0.6 is 0 Å². The molecule has 1 aromatic carbocycles. The fourth-order valence-electron chi connectivity index (χ4n) is 2.41. The lowest BCUT2D eigenvalue weighted by Crippen LogP contribution is -2.29. The number of nitrogens with one attached hydrogen (secondary N) is 1. The molecule has 106 valence electrons. The maximum atomic E-state index is 5.84. The fourth-order valence-corrected chi connectivity index (χ4v) is 2.41. The van der Waals surface area contributed by atoms with Gasteiger partial charge in [0.2, 0.25) is 0 Å². The van der Waals surface area contributed by atoms with Crippen LogP contribution in [0, 0.1) is 0 Å². The van der Waals surface area contributed by atoms with Crippen molar-refractivity contribution in [2.45, 2.75) is 38.3 Å². The van der Waals surface area contributed by atoms with Crippen molar-refractivity contribution in [2.75, 3.05) is 0 Å². The fraction of sp³-hybridized carbons (Fsp3) is 0.375. The predicted molar refractivity (Wildman–Crippen MR) is 77.3 cm³/mol. The van der Waals surface area contributed by atoms with E-state index in [1.165, 1.54) is 0 Å². The van der Waals surface area contributed by atoms with Crippen molar-refractivity contribution >= 4 is 0 Å². The van der Waals surface area contributed by atoms with Gasteiger partial charge in [0.25, 0.3) is 0 Å². The lowest BCUT2D eigenvalue weighted by atomic mass is 9.98. The van der Waals surface area contributed by atoms with E-state index in [1.54, 1.807) is 6.26 Å². The Morgan fingerprint density at radius 3 is 2.95 bits per heavy atom. The van der Waals surface area contributed by atoms with Gasteiger partial charge in [-0.25, -0.2) is 5.43 Å². The van der Waals surface area contributed by atoms with Gasteiger partial charge in [0.05, 0.1) is 18.4 Å². The summed E-state index contributed by atoms with van der Waals surface area (Å²) in [5.41, 5.74) is 5.04. The molecule has 4 heteroatoms. The highest BCUT2D eigenvalue weighted by Crippen LogP contribution is 2.31. The number of hydrazine groups is 1. The molecule has 0 aliphatic heterocycles. The Labute approximate surface area is 118 Å². The lowest BCUT2D eigenvalue weighted by Gasteiger charge is -2.17. The predicted octanol–water partition coefficient (Wildman–Crippen LogP) is 2.94. The van der Waals surface area contributed by atoms with Crippen LogP contribution in [-0.2, 0) is 6.42 Å². The van der Waals surface area contributed by atoms with Crippen LogP contribution in [0.3, 0.4) is 0 Å². The van der Waals surface area contributed by atoms with E-state index in [-0.39, 0.29) is 6.04 Å². The van der Waals surface area contributed by atoms with Crippen molar-refractivity contribution in [1.29, 1.82) is 0 Å². The second-order valence-electron chi connectivity index (χ2n) is 5.14. The summed E-state index contributed by atoms with van der Waals surface area (Å²) >= 11 is 0. The molecule has 4 nitrogen and oxygen atoms in total. The zero-order valence-corrected chi connectivity index (χ0v) is 11.6. The molecule has 1 fully saturated rings. The first-order valence-electron chi connectivity index (χ1n) is 7.10. The Balaban J connectivity index is 1.88. The van der Waals surface area contributed by atoms with Gasteiger partial charge in [-0.1, -0.05) is 19.1 Å². The van der Waals surface area contributed by atoms with Gasteiger partial charge in [-0.2, -0.15) is 0 Å². The van der Waals surface area contributed by atoms with Crippen molar-refractivity contribution < 1.29 is 9.15 Å². The first-order valence-corrected chi connectivity index (χ1v) is 7.10. The van der Waals surface area contributed by atoms with E-state index >= 15 is 0 Å². The van der Waals surface area contributed by atoms with Crippen molar-refractivity contribution in [3.8, 4) is 5.75 Å². The summed E-state index contributed by atoms with van der Waals surface area (Å²) < 4.78 is 11.3. The Hall–Kier alpha value is -1.78. The van der Waals surface area contributed by atoms with E-state index < -0.39 is 0 Å². The molecular formula is C16H20N2O2. The molecule has 1 aromatic heterocycles. The van der Waals surface area contributed by atoms with E-state index in [0.29, 0.717) is 6.10 Å². The molecule has 0 saturated heterocycles. The molecule has 1 heterocycles. The summed E-state index contributed by atoms with van der Waals surface area (Å²) in [4.78, 5) is 0. The molecule has 0 spiro atoms. The van der Waals surface area contributed by atoms with Gasteiger partial charge in [0.1, 0.15) is 11.5 Å². The zero-order chi connectivity index (χ0) is 13.9. The number of ether oxygens (including phenoxy) is 1. The zero-order valence-electron chi connectivity index (χ0n) is 11.6. The van der Waals surface area contributed by atoms with Crippen molar-refractivity contribution in [3.05, 3.63) is 53.5 Å². The first kappa shape index (κ1) is 13.2. The van der Waals surface area contributed by atoms with Crippen LogP contribution in [0.25, 0.3) is 0 Å². The number of furan rings is 1. The number of benzene rings is 1. The third kappa shape index (κ3) is 2.71. The third-order valence-corrected chi connectivity index (χ3v) is 3.60. The first-order chi connectivity index (χ1) is 9.81. The summed E-state index contributed by atoms with van der Waals surface area (Å²) in [6, 6.07) is 9.99. The minimum absolute atomic E-state index is 0.0774. The Kier molecular flexibility index (Phi) is 3.76. The second kappa shape index (κ2) is 5.69. The van der Waals surface area contributed by atoms with Crippen LogP contribution in [0.2, 0.25) is 0 Å². The topological polar surface area (TPSA) is 60.4 Å². The average molecular weight is 272 g/mol. The second-order valence-corrected chi connectivity index (χ2v) is 5.14. The molecule has 1 aliphatic rings. The summed E-state index contributed by atoms with van der Waals surface area (Å²) in [6.45, 7) is 2.07. The van der Waals surface area contributed by atoms with Crippen LogP contribution < -0.4 is 16.0 Å². The van der Waals surface area contributed by atoms with E-state index in [9.17, 15) is 0 Å². The summed E-state index contributed by atoms with van der Waals surface area (Å²) in [5.74, 6) is 7.62. The maximum Gasteiger partial charge on any atom is 0.120 e. The molecule has 1 atom stereocenters. The molecule has 3 N–H and O–H groups in total. The Morgan fingerprint density at radius 1 is 1.40 bits per heavy atom. The summed E-state index contributed by atoms with van der Waals surface area (Å²) in [7, 11) is 0. The largest absolute Gasteiger partial charge is 0.490 e. The van der Waals surface area contributed by atoms with E-state index in [2.05, 4.69) is 24.5 Å². The highest BCUT2D eigenvalue weighted by atomic mass is 16.5. The highest BCUT2D eigenvalue weighted by Gasteiger charge is 2.24. The Morgan fingerprint density at radius 2 is 2.25 bits per heavy atom. The Bertz CT molecular complexity index is 575. The molecule has 3 rings (SSSR count). The average Bonchev–Trinajstić information content (AvgIpc) is 3.16. The minimum atomic E-state index is -0.0774. The minimum Gasteiger partial charge on any atom is -0.490 e. The normalized spacial score (nSPS) is 16.1. The standard InChI is InChI=1S/C16H20N2O2/c1-2-15-14(8-9-19-15)16(18-17)11-4-3-5-13(10-11)20-12-6-7-12/h3-5,8-10,12,16,18H,2,6-7,17H2,1H3. The smallest absolute Gasteiger partial charge is 0.120 e. The van der Waals surface area contributed by atoms with E-state index in [0.717, 1.165) is 41.9 Å². The quantitative estimate of drug-likeness (QED) is 0.627. The van der Waals surface area contributed by atoms with Crippen LogP contribution in [0.1, 0.15) is 42.7 Å². The maximum absolute atomic E-state index is 5.84. The van der Waals surface area contributed by atoms with Crippen LogP contribution in [0.5, 0.6) is 5.75 Å². The van der Waals surface area contributed by atoms with Crippen LogP contribution in [0.15, 0.2) is 41.0 Å². The highest BCUT2D eigenvalue weighted by molar-refractivity contribution is 5.37.